The normalized spacial score (nSPS) is 11.1. The van der Waals surface area contributed by atoms with E-state index in [0.29, 0.717) is 22.4 Å². The highest BCUT2D eigenvalue weighted by Crippen LogP contribution is 2.28. The van der Waals surface area contributed by atoms with Crippen molar-refractivity contribution in [3.8, 4) is 0 Å². The summed E-state index contributed by atoms with van der Waals surface area (Å²) in [4.78, 5) is 30.3. The minimum Gasteiger partial charge on any atom is -0.337 e. The lowest BCUT2D eigenvalue weighted by Gasteiger charge is -2.14. The average molecular weight is 478 g/mol. The van der Waals surface area contributed by atoms with Gasteiger partial charge >= 0.3 is 0 Å². The van der Waals surface area contributed by atoms with Crippen molar-refractivity contribution < 1.29 is 18.1 Å². The van der Waals surface area contributed by atoms with Crippen molar-refractivity contribution in [2.24, 2.45) is 0 Å². The Morgan fingerprint density at radius 1 is 0.882 bits per heavy atom. The molecule has 0 aliphatic carbocycles. The summed E-state index contributed by atoms with van der Waals surface area (Å²) in [6, 6.07) is 18.3. The Balaban J connectivity index is 1.75. The zero-order valence-corrected chi connectivity index (χ0v) is 18.5. The number of nitrogens with zero attached hydrogens (tertiary/aromatic N) is 3. The molecule has 0 aliphatic heterocycles. The molecule has 12 heteroatoms. The number of nitro benzene ring substituents is 1. The van der Waals surface area contributed by atoms with Crippen molar-refractivity contribution in [2.45, 2.75) is 11.8 Å². The molecule has 0 radical (unpaired) electrons. The maximum atomic E-state index is 13.0. The number of para-hydroxylation sites is 2. The summed E-state index contributed by atoms with van der Waals surface area (Å²) in [5, 5.41) is 16.8. The highest BCUT2D eigenvalue weighted by Gasteiger charge is 2.21. The maximum Gasteiger partial charge on any atom is 0.270 e. The van der Waals surface area contributed by atoms with Gasteiger partial charge in [0.1, 0.15) is 0 Å². The fourth-order valence-electron chi connectivity index (χ4n) is 3.12. The maximum absolute atomic E-state index is 13.0. The van der Waals surface area contributed by atoms with Gasteiger partial charge in [0.05, 0.1) is 20.9 Å². The Kier molecular flexibility index (Phi) is 6.06. The van der Waals surface area contributed by atoms with Crippen molar-refractivity contribution in [3.63, 3.8) is 0 Å². The Morgan fingerprint density at radius 2 is 1.53 bits per heavy atom. The van der Waals surface area contributed by atoms with Gasteiger partial charge in [0.2, 0.25) is 5.91 Å². The monoisotopic (exact) mass is 478 g/mol. The number of fused-ring (bicyclic) bond motifs is 1. The number of hydrogen-bond donors (Lipinski definition) is 3. The van der Waals surface area contributed by atoms with Crippen LogP contribution in [-0.2, 0) is 14.8 Å². The molecule has 0 fully saturated rings. The van der Waals surface area contributed by atoms with E-state index < -0.39 is 14.9 Å². The van der Waals surface area contributed by atoms with Crippen LogP contribution in [0.3, 0.4) is 0 Å². The predicted octanol–water partition coefficient (Wildman–Crippen LogP) is 4.04. The predicted molar refractivity (Wildman–Crippen MR) is 127 cm³/mol. The number of hydrogen-bond acceptors (Lipinski definition) is 8. The molecule has 0 atom stereocenters. The summed E-state index contributed by atoms with van der Waals surface area (Å²) in [5.41, 5.74) is 1.65. The van der Waals surface area contributed by atoms with Gasteiger partial charge < -0.3 is 10.6 Å². The molecule has 1 aromatic heterocycles. The number of rotatable bonds is 7. The zero-order chi connectivity index (χ0) is 24.3. The van der Waals surface area contributed by atoms with E-state index in [9.17, 15) is 23.3 Å². The Bertz CT molecular complexity index is 1520. The van der Waals surface area contributed by atoms with Crippen LogP contribution in [0.15, 0.2) is 77.7 Å². The molecular formula is C22H18N6O5S. The van der Waals surface area contributed by atoms with Gasteiger partial charge in [-0.3, -0.25) is 19.6 Å². The molecule has 0 saturated heterocycles. The van der Waals surface area contributed by atoms with Gasteiger partial charge in [0, 0.05) is 30.4 Å². The molecule has 0 bridgehead atoms. The van der Waals surface area contributed by atoms with E-state index in [4.69, 9.17) is 0 Å². The first-order valence-electron chi connectivity index (χ1n) is 9.90. The van der Waals surface area contributed by atoms with Crippen molar-refractivity contribution in [1.82, 2.24) is 9.97 Å². The van der Waals surface area contributed by atoms with Crippen LogP contribution in [0.5, 0.6) is 0 Å². The SMILES string of the molecule is CC(=O)Nc1cccc(Nc2nc3ccccc3nc2NS(=O)(=O)c2cccc([N+](=O)[O-])c2)c1. The van der Waals surface area contributed by atoms with Gasteiger partial charge in [-0.15, -0.1) is 0 Å². The molecule has 4 rings (SSSR count). The van der Waals surface area contributed by atoms with Crippen LogP contribution in [0.2, 0.25) is 0 Å². The third kappa shape index (κ3) is 5.07. The van der Waals surface area contributed by atoms with E-state index in [2.05, 4.69) is 25.3 Å². The quantitative estimate of drug-likeness (QED) is 0.265. The summed E-state index contributed by atoms with van der Waals surface area (Å²) in [6.45, 7) is 1.38. The minimum atomic E-state index is -4.23. The van der Waals surface area contributed by atoms with Gasteiger partial charge in [0.15, 0.2) is 11.6 Å². The molecule has 0 unspecified atom stereocenters. The highest BCUT2D eigenvalue weighted by molar-refractivity contribution is 7.92. The van der Waals surface area contributed by atoms with Crippen molar-refractivity contribution in [1.29, 1.82) is 0 Å². The van der Waals surface area contributed by atoms with Gasteiger partial charge in [-0.2, -0.15) is 0 Å². The van der Waals surface area contributed by atoms with Crippen LogP contribution < -0.4 is 15.4 Å². The summed E-state index contributed by atoms with van der Waals surface area (Å²) in [6.07, 6.45) is 0. The van der Waals surface area contributed by atoms with E-state index in [1.165, 1.54) is 25.1 Å². The van der Waals surface area contributed by atoms with Gasteiger partial charge in [-0.1, -0.05) is 24.3 Å². The van der Waals surface area contributed by atoms with E-state index in [0.717, 1.165) is 6.07 Å². The third-order valence-corrected chi connectivity index (χ3v) is 5.92. The van der Waals surface area contributed by atoms with E-state index in [1.807, 2.05) is 0 Å². The third-order valence-electron chi connectivity index (χ3n) is 4.59. The standard InChI is InChI=1S/C22H18N6O5S/c1-14(29)23-15-6-4-7-16(12-15)24-21-22(26-20-11-3-2-10-19(20)25-21)27-34(32,33)18-9-5-8-17(13-18)28(30)31/h2-13H,1H3,(H,23,29)(H,24,25)(H,26,27). The molecule has 3 aromatic carbocycles. The first kappa shape index (κ1) is 22.6. The molecule has 11 nitrogen and oxygen atoms in total. The van der Waals surface area contributed by atoms with Gasteiger partial charge in [0.25, 0.3) is 15.7 Å². The summed E-state index contributed by atoms with van der Waals surface area (Å²) >= 11 is 0. The van der Waals surface area contributed by atoms with E-state index in [1.54, 1.807) is 48.5 Å². The van der Waals surface area contributed by atoms with Crippen LogP contribution in [0.1, 0.15) is 6.92 Å². The molecule has 1 amide bonds. The van der Waals surface area contributed by atoms with Crippen molar-refractivity contribution in [3.05, 3.63) is 82.9 Å². The lowest BCUT2D eigenvalue weighted by atomic mass is 10.2. The fourth-order valence-corrected chi connectivity index (χ4v) is 4.17. The summed E-state index contributed by atoms with van der Waals surface area (Å²) < 4.78 is 28.4. The van der Waals surface area contributed by atoms with Crippen molar-refractivity contribution in [2.75, 3.05) is 15.4 Å². The van der Waals surface area contributed by atoms with Crippen LogP contribution in [0.4, 0.5) is 28.7 Å². The lowest BCUT2D eigenvalue weighted by Crippen LogP contribution is -2.16. The summed E-state index contributed by atoms with van der Waals surface area (Å²) in [7, 11) is -4.23. The molecule has 1 heterocycles. The molecule has 172 valence electrons. The topological polar surface area (TPSA) is 156 Å². The number of benzene rings is 3. The van der Waals surface area contributed by atoms with Crippen LogP contribution in [0.25, 0.3) is 11.0 Å². The Hall–Kier alpha value is -4.58. The number of nitrogens with one attached hydrogen (secondary N) is 3. The lowest BCUT2D eigenvalue weighted by molar-refractivity contribution is -0.385. The van der Waals surface area contributed by atoms with Crippen LogP contribution >= 0.6 is 0 Å². The second kappa shape index (κ2) is 9.11. The average Bonchev–Trinajstić information content (AvgIpc) is 2.79. The smallest absolute Gasteiger partial charge is 0.270 e. The molecule has 3 N–H and O–H groups in total. The number of amides is 1. The molecule has 4 aromatic rings. The molecular weight excluding hydrogens is 460 g/mol. The van der Waals surface area contributed by atoms with Gasteiger partial charge in [-0.05, 0) is 36.4 Å². The van der Waals surface area contributed by atoms with Gasteiger partial charge in [-0.25, -0.2) is 18.4 Å². The van der Waals surface area contributed by atoms with Crippen LogP contribution in [0, 0.1) is 10.1 Å². The Morgan fingerprint density at radius 3 is 2.21 bits per heavy atom. The van der Waals surface area contributed by atoms with E-state index >= 15 is 0 Å². The number of carbonyl (C=O) groups is 1. The fraction of sp³-hybridized carbons (Fsp3) is 0.0455. The number of non-ortho nitro benzene ring substituents is 1. The first-order valence-corrected chi connectivity index (χ1v) is 11.4. The minimum absolute atomic E-state index is 0.102. The molecule has 0 saturated carbocycles. The Labute approximate surface area is 194 Å². The number of sulfonamides is 1. The van der Waals surface area contributed by atoms with Crippen LogP contribution in [-0.4, -0.2) is 29.2 Å². The highest BCUT2D eigenvalue weighted by atomic mass is 32.2. The van der Waals surface area contributed by atoms with E-state index in [-0.39, 0.29) is 28.1 Å². The number of anilines is 4. The first-order chi connectivity index (χ1) is 16.2. The van der Waals surface area contributed by atoms with Crippen molar-refractivity contribution >= 4 is 55.7 Å². The number of aromatic nitrogens is 2. The number of nitro groups is 1. The number of carbonyl (C=O) groups excluding carboxylic acids is 1. The second-order valence-electron chi connectivity index (χ2n) is 7.16. The molecule has 0 aliphatic rings. The second-order valence-corrected chi connectivity index (χ2v) is 8.84. The largest absolute Gasteiger partial charge is 0.337 e. The summed E-state index contributed by atoms with van der Waals surface area (Å²) in [5.74, 6) is -0.240. The molecule has 34 heavy (non-hydrogen) atoms. The molecule has 0 spiro atoms. The zero-order valence-electron chi connectivity index (χ0n) is 17.7.